The van der Waals surface area contributed by atoms with Crippen LogP contribution in [0.5, 0.6) is 5.75 Å². The molecule has 6 nitrogen and oxygen atoms in total. The molecule has 0 N–H and O–H groups in total. The van der Waals surface area contributed by atoms with Crippen molar-refractivity contribution in [2.24, 2.45) is 0 Å². The SMILES string of the molecule is CC1CN(C(=O)COc2ccc(Cl)cc2-c2ccno2)C(C)CN1Cc1ccc(F)cc1. The monoisotopic (exact) mass is 457 g/mol. The minimum absolute atomic E-state index is 0.0294. The fourth-order valence-corrected chi connectivity index (χ4v) is 4.16. The van der Waals surface area contributed by atoms with Crippen molar-refractivity contribution in [2.45, 2.75) is 32.5 Å². The predicted molar refractivity (Wildman–Crippen MR) is 120 cm³/mol. The van der Waals surface area contributed by atoms with E-state index in [2.05, 4.69) is 17.0 Å². The number of piperazine rings is 1. The molecule has 0 spiro atoms. The first-order valence-electron chi connectivity index (χ1n) is 10.5. The molecule has 1 aliphatic rings. The zero-order valence-corrected chi connectivity index (χ0v) is 18.8. The van der Waals surface area contributed by atoms with E-state index in [-0.39, 0.29) is 30.4 Å². The standard InChI is InChI=1S/C24H25ClFN3O3/c1-16-13-29(17(2)12-28(16)14-18-3-6-20(26)7-4-18)24(30)15-31-22-8-5-19(25)11-21(22)23-9-10-27-32-23/h3-11,16-17H,12-15H2,1-2H3. The zero-order chi connectivity index (χ0) is 22.7. The molecule has 0 radical (unpaired) electrons. The highest BCUT2D eigenvalue weighted by molar-refractivity contribution is 6.30. The molecule has 0 aliphatic carbocycles. The lowest BCUT2D eigenvalue weighted by atomic mass is 10.1. The summed E-state index contributed by atoms with van der Waals surface area (Å²) < 4.78 is 24.3. The molecule has 2 aromatic carbocycles. The number of nitrogens with zero attached hydrogens (tertiary/aromatic N) is 3. The van der Waals surface area contributed by atoms with Crippen LogP contribution in [0.1, 0.15) is 19.4 Å². The van der Waals surface area contributed by atoms with Crippen LogP contribution in [0.25, 0.3) is 11.3 Å². The molecule has 0 bridgehead atoms. The average molecular weight is 458 g/mol. The van der Waals surface area contributed by atoms with Gasteiger partial charge in [-0.15, -0.1) is 0 Å². The number of aromatic nitrogens is 1. The lowest BCUT2D eigenvalue weighted by molar-refractivity contribution is -0.139. The number of rotatable bonds is 6. The van der Waals surface area contributed by atoms with Crippen molar-refractivity contribution in [3.05, 3.63) is 71.1 Å². The molecule has 2 unspecified atom stereocenters. The predicted octanol–water partition coefficient (Wildman–Crippen LogP) is 4.63. The number of carbonyl (C=O) groups excluding carboxylic acids is 1. The maximum atomic E-state index is 13.2. The first kappa shape index (κ1) is 22.3. The second-order valence-electron chi connectivity index (χ2n) is 8.11. The Kier molecular flexibility index (Phi) is 6.77. The van der Waals surface area contributed by atoms with Crippen molar-refractivity contribution in [3.8, 4) is 17.1 Å². The summed E-state index contributed by atoms with van der Waals surface area (Å²) in [5, 5.41) is 4.26. The van der Waals surface area contributed by atoms with Crippen LogP contribution >= 0.6 is 11.6 Å². The number of ether oxygens (including phenoxy) is 1. The van der Waals surface area contributed by atoms with Gasteiger partial charge in [-0.2, -0.15) is 0 Å². The maximum absolute atomic E-state index is 13.2. The third-order valence-corrected chi connectivity index (χ3v) is 5.97. The van der Waals surface area contributed by atoms with E-state index < -0.39 is 0 Å². The quantitative estimate of drug-likeness (QED) is 0.540. The van der Waals surface area contributed by atoms with Crippen molar-refractivity contribution in [2.75, 3.05) is 19.7 Å². The number of carbonyl (C=O) groups is 1. The van der Waals surface area contributed by atoms with Gasteiger partial charge < -0.3 is 14.2 Å². The van der Waals surface area contributed by atoms with Gasteiger partial charge >= 0.3 is 0 Å². The van der Waals surface area contributed by atoms with Crippen LogP contribution in [0.15, 0.2) is 59.3 Å². The van der Waals surface area contributed by atoms with Crippen LogP contribution in [0.3, 0.4) is 0 Å². The van der Waals surface area contributed by atoms with E-state index in [0.29, 0.717) is 28.6 Å². The maximum Gasteiger partial charge on any atom is 0.260 e. The van der Waals surface area contributed by atoms with Crippen molar-refractivity contribution in [3.63, 3.8) is 0 Å². The molecular formula is C24H25ClFN3O3. The summed E-state index contributed by atoms with van der Waals surface area (Å²) in [5.41, 5.74) is 1.70. The van der Waals surface area contributed by atoms with Gasteiger partial charge in [-0.1, -0.05) is 28.9 Å². The molecule has 3 aromatic rings. The van der Waals surface area contributed by atoms with E-state index in [0.717, 1.165) is 18.7 Å². The molecule has 168 valence electrons. The van der Waals surface area contributed by atoms with Crippen molar-refractivity contribution in [1.82, 2.24) is 15.0 Å². The fourth-order valence-electron chi connectivity index (χ4n) is 3.99. The normalized spacial score (nSPS) is 19.2. The van der Waals surface area contributed by atoms with E-state index in [1.54, 1.807) is 42.6 Å². The minimum atomic E-state index is -0.238. The van der Waals surface area contributed by atoms with E-state index in [4.69, 9.17) is 20.9 Å². The molecule has 0 saturated carbocycles. The van der Waals surface area contributed by atoms with Gasteiger partial charge in [0.05, 0.1) is 11.8 Å². The molecule has 1 fully saturated rings. The number of hydrogen-bond acceptors (Lipinski definition) is 5. The van der Waals surface area contributed by atoms with Gasteiger partial charge in [0.15, 0.2) is 12.4 Å². The number of halogens is 2. The Morgan fingerprint density at radius 1 is 1.16 bits per heavy atom. The molecule has 32 heavy (non-hydrogen) atoms. The molecule has 1 aliphatic heterocycles. The van der Waals surface area contributed by atoms with Gasteiger partial charge in [-0.05, 0) is 49.7 Å². The van der Waals surface area contributed by atoms with Crippen LogP contribution in [0, 0.1) is 5.82 Å². The molecule has 8 heteroatoms. The lowest BCUT2D eigenvalue weighted by Gasteiger charge is -2.44. The fraction of sp³-hybridized carbons (Fsp3) is 0.333. The van der Waals surface area contributed by atoms with Gasteiger partial charge in [0.25, 0.3) is 5.91 Å². The van der Waals surface area contributed by atoms with Crippen LogP contribution in [-0.4, -0.2) is 52.6 Å². The highest BCUT2D eigenvalue weighted by Gasteiger charge is 2.32. The van der Waals surface area contributed by atoms with Gasteiger partial charge in [0.1, 0.15) is 11.6 Å². The summed E-state index contributed by atoms with van der Waals surface area (Å²) in [6, 6.07) is 13.6. The van der Waals surface area contributed by atoms with E-state index >= 15 is 0 Å². The topological polar surface area (TPSA) is 58.8 Å². The molecule has 1 saturated heterocycles. The van der Waals surface area contributed by atoms with Crippen LogP contribution < -0.4 is 4.74 Å². The molecule has 2 heterocycles. The Balaban J connectivity index is 1.38. The second-order valence-corrected chi connectivity index (χ2v) is 8.54. The van der Waals surface area contributed by atoms with Crippen molar-refractivity contribution >= 4 is 17.5 Å². The van der Waals surface area contributed by atoms with Crippen LogP contribution in [0.4, 0.5) is 4.39 Å². The Morgan fingerprint density at radius 3 is 2.66 bits per heavy atom. The molecular weight excluding hydrogens is 433 g/mol. The Bertz CT molecular complexity index is 1060. The van der Waals surface area contributed by atoms with E-state index in [1.807, 2.05) is 11.8 Å². The summed E-state index contributed by atoms with van der Waals surface area (Å²) in [6.07, 6.45) is 1.54. The molecule has 1 aromatic heterocycles. The van der Waals surface area contributed by atoms with Gasteiger partial charge in [0, 0.05) is 42.8 Å². The summed E-state index contributed by atoms with van der Waals surface area (Å²) in [5.74, 6) is 0.712. The van der Waals surface area contributed by atoms with E-state index in [1.165, 1.54) is 12.1 Å². The summed E-state index contributed by atoms with van der Waals surface area (Å²) >= 11 is 6.12. The zero-order valence-electron chi connectivity index (χ0n) is 18.0. The number of amides is 1. The Hall–Kier alpha value is -2.90. The Labute approximate surface area is 191 Å². The van der Waals surface area contributed by atoms with Gasteiger partial charge in [-0.25, -0.2) is 4.39 Å². The summed E-state index contributed by atoms with van der Waals surface area (Å²) in [7, 11) is 0. The highest BCUT2D eigenvalue weighted by Crippen LogP contribution is 2.32. The number of hydrogen-bond donors (Lipinski definition) is 0. The molecule has 1 amide bonds. The smallest absolute Gasteiger partial charge is 0.260 e. The van der Waals surface area contributed by atoms with Crippen molar-refractivity contribution < 1.29 is 18.4 Å². The van der Waals surface area contributed by atoms with Crippen LogP contribution in [-0.2, 0) is 11.3 Å². The van der Waals surface area contributed by atoms with Gasteiger partial charge in [-0.3, -0.25) is 9.69 Å². The molecule has 2 atom stereocenters. The Morgan fingerprint density at radius 2 is 1.94 bits per heavy atom. The first-order valence-corrected chi connectivity index (χ1v) is 10.9. The summed E-state index contributed by atoms with van der Waals surface area (Å²) in [4.78, 5) is 17.1. The minimum Gasteiger partial charge on any atom is -0.483 e. The summed E-state index contributed by atoms with van der Waals surface area (Å²) in [6.45, 7) is 6.09. The second kappa shape index (κ2) is 9.71. The largest absolute Gasteiger partial charge is 0.483 e. The van der Waals surface area contributed by atoms with Gasteiger partial charge in [0.2, 0.25) is 0 Å². The third-order valence-electron chi connectivity index (χ3n) is 5.73. The lowest BCUT2D eigenvalue weighted by Crippen LogP contribution is -2.58. The average Bonchev–Trinajstić information content (AvgIpc) is 3.31. The highest BCUT2D eigenvalue weighted by atomic mass is 35.5. The first-order chi connectivity index (χ1) is 15.4. The van der Waals surface area contributed by atoms with E-state index in [9.17, 15) is 9.18 Å². The van der Waals surface area contributed by atoms with Crippen LogP contribution in [0.2, 0.25) is 5.02 Å². The van der Waals surface area contributed by atoms with Crippen molar-refractivity contribution in [1.29, 1.82) is 0 Å². The molecule has 4 rings (SSSR count). The number of benzene rings is 2. The third kappa shape index (κ3) is 5.11.